The Balaban J connectivity index is 0.000000616. The van der Waals surface area contributed by atoms with Crippen LogP contribution in [0.25, 0.3) is 0 Å². The van der Waals surface area contributed by atoms with Crippen LogP contribution in [0.1, 0.15) is 21.5 Å². The molecule has 0 unspecified atom stereocenters. The SMILES string of the molecule is COc1ccc(N2CCN(c3ccc(NS(=O)(=O)c4ccc(C)c(C)c4)c(C(=O)O)c3)CC2)cc1.O=C(O)C(F)(F)F. The van der Waals surface area contributed by atoms with Gasteiger partial charge in [0.05, 0.1) is 23.3 Å². The number of sulfonamides is 1. The molecule has 0 atom stereocenters. The van der Waals surface area contributed by atoms with Crippen LogP contribution in [0.5, 0.6) is 5.75 Å². The molecule has 1 aliphatic rings. The van der Waals surface area contributed by atoms with Gasteiger partial charge in [0, 0.05) is 37.6 Å². The Hall–Kier alpha value is -4.46. The Labute approximate surface area is 241 Å². The standard InChI is InChI=1S/C26H29N3O5S.C2HF3O2/c1-18-4-10-23(16-19(18)2)35(32,33)27-25-11-7-21(17-24(25)26(30)31)29-14-12-28(13-15-29)20-5-8-22(34-3)9-6-20;3-2(4,5)1(6)7/h4-11,16-17,27H,12-15H2,1-3H3,(H,30,31);(H,6,7). The molecule has 14 heteroatoms. The van der Waals surface area contributed by atoms with Crippen molar-refractivity contribution in [1.29, 1.82) is 0 Å². The minimum absolute atomic E-state index is 0.0383. The smallest absolute Gasteiger partial charge is 0.490 e. The maximum atomic E-state index is 12.9. The Kier molecular flexibility index (Phi) is 9.94. The van der Waals surface area contributed by atoms with Crippen molar-refractivity contribution in [3.8, 4) is 5.75 Å². The number of alkyl halides is 3. The van der Waals surface area contributed by atoms with Crippen LogP contribution in [-0.2, 0) is 14.8 Å². The highest BCUT2D eigenvalue weighted by Crippen LogP contribution is 2.28. The van der Waals surface area contributed by atoms with Crippen molar-refractivity contribution < 1.29 is 46.1 Å². The van der Waals surface area contributed by atoms with Crippen molar-refractivity contribution >= 4 is 39.0 Å². The van der Waals surface area contributed by atoms with E-state index in [0.717, 1.165) is 41.3 Å². The molecule has 4 rings (SSSR count). The zero-order valence-electron chi connectivity index (χ0n) is 23.0. The second-order valence-electron chi connectivity index (χ2n) is 9.36. The number of hydrogen-bond acceptors (Lipinski definition) is 7. The van der Waals surface area contributed by atoms with Gasteiger partial charge in [-0.1, -0.05) is 6.07 Å². The summed E-state index contributed by atoms with van der Waals surface area (Å²) in [6, 6.07) is 17.5. The second kappa shape index (κ2) is 13.0. The first-order valence-electron chi connectivity index (χ1n) is 12.5. The van der Waals surface area contributed by atoms with Gasteiger partial charge in [-0.2, -0.15) is 13.2 Å². The number of nitrogens with one attached hydrogen (secondary N) is 1. The van der Waals surface area contributed by atoms with Gasteiger partial charge < -0.3 is 24.7 Å². The lowest BCUT2D eigenvalue weighted by atomic mass is 10.1. The van der Waals surface area contributed by atoms with E-state index >= 15 is 0 Å². The van der Waals surface area contributed by atoms with E-state index in [4.69, 9.17) is 14.6 Å². The molecule has 3 aromatic rings. The zero-order valence-corrected chi connectivity index (χ0v) is 23.8. The van der Waals surface area contributed by atoms with Crippen molar-refractivity contribution in [2.45, 2.75) is 24.9 Å². The predicted octanol–water partition coefficient (Wildman–Crippen LogP) is 4.77. The van der Waals surface area contributed by atoms with E-state index in [1.807, 2.05) is 38.1 Å². The average Bonchev–Trinajstić information content (AvgIpc) is 2.94. The number of aliphatic carboxylic acids is 1. The number of aryl methyl sites for hydroxylation is 2. The highest BCUT2D eigenvalue weighted by Gasteiger charge is 2.38. The summed E-state index contributed by atoms with van der Waals surface area (Å²) in [6.45, 7) is 6.70. The second-order valence-corrected chi connectivity index (χ2v) is 11.0. The van der Waals surface area contributed by atoms with Gasteiger partial charge in [0.1, 0.15) is 5.75 Å². The molecule has 10 nitrogen and oxygen atoms in total. The molecule has 3 N–H and O–H groups in total. The summed E-state index contributed by atoms with van der Waals surface area (Å²) >= 11 is 0. The van der Waals surface area contributed by atoms with E-state index in [2.05, 4.69) is 14.5 Å². The highest BCUT2D eigenvalue weighted by atomic mass is 32.2. The van der Waals surface area contributed by atoms with Crippen LogP contribution in [0.4, 0.5) is 30.2 Å². The largest absolute Gasteiger partial charge is 0.497 e. The number of piperazine rings is 1. The fourth-order valence-corrected chi connectivity index (χ4v) is 5.26. The first-order valence-corrected chi connectivity index (χ1v) is 14.0. The normalized spacial score (nSPS) is 13.6. The average molecular weight is 610 g/mol. The summed E-state index contributed by atoms with van der Waals surface area (Å²) in [5.41, 5.74) is 3.62. The maximum absolute atomic E-state index is 12.9. The first-order chi connectivity index (χ1) is 19.6. The number of carbonyl (C=O) groups is 2. The Morgan fingerprint density at radius 3 is 1.83 bits per heavy atom. The number of hydrogen-bond donors (Lipinski definition) is 3. The minimum atomic E-state index is -5.08. The molecule has 0 aromatic heterocycles. The first kappa shape index (κ1) is 32.1. The number of halogens is 3. The van der Waals surface area contributed by atoms with Gasteiger partial charge in [-0.3, -0.25) is 4.72 Å². The highest BCUT2D eigenvalue weighted by molar-refractivity contribution is 7.92. The number of benzene rings is 3. The molecule has 1 fully saturated rings. The van der Waals surface area contributed by atoms with Gasteiger partial charge in [0.15, 0.2) is 0 Å². The summed E-state index contributed by atoms with van der Waals surface area (Å²) in [5, 5.41) is 16.9. The lowest BCUT2D eigenvalue weighted by Gasteiger charge is -2.37. The topological polar surface area (TPSA) is 136 Å². The molecule has 226 valence electrons. The molecule has 42 heavy (non-hydrogen) atoms. The third-order valence-corrected chi connectivity index (χ3v) is 7.95. The van der Waals surface area contributed by atoms with Crippen molar-refractivity contribution in [2.24, 2.45) is 0 Å². The van der Waals surface area contributed by atoms with Crippen LogP contribution >= 0.6 is 0 Å². The van der Waals surface area contributed by atoms with E-state index < -0.39 is 28.1 Å². The summed E-state index contributed by atoms with van der Waals surface area (Å²) in [7, 11) is -2.29. The van der Waals surface area contributed by atoms with Gasteiger partial charge in [-0.25, -0.2) is 18.0 Å². The number of aromatic carboxylic acids is 1. The molecule has 0 radical (unpaired) electrons. The van der Waals surface area contributed by atoms with E-state index in [9.17, 15) is 31.5 Å². The molecule has 1 aliphatic heterocycles. The van der Waals surface area contributed by atoms with Crippen molar-refractivity contribution in [3.63, 3.8) is 0 Å². The number of nitrogens with zero attached hydrogens (tertiary/aromatic N) is 2. The maximum Gasteiger partial charge on any atom is 0.490 e. The third-order valence-electron chi connectivity index (χ3n) is 6.59. The monoisotopic (exact) mass is 609 g/mol. The Morgan fingerprint density at radius 1 is 0.833 bits per heavy atom. The summed E-state index contributed by atoms with van der Waals surface area (Å²) in [4.78, 5) is 25.4. The van der Waals surface area contributed by atoms with E-state index in [-0.39, 0.29) is 16.1 Å². The molecule has 0 amide bonds. The van der Waals surface area contributed by atoms with Gasteiger partial charge in [-0.05, 0) is 79.6 Å². The molecule has 1 heterocycles. The summed E-state index contributed by atoms with van der Waals surface area (Å²) in [6.07, 6.45) is -5.08. The molecule has 0 bridgehead atoms. The molecule has 1 saturated heterocycles. The van der Waals surface area contributed by atoms with Crippen LogP contribution < -0.4 is 19.3 Å². The zero-order chi connectivity index (χ0) is 31.2. The molecule has 0 spiro atoms. The molecule has 0 aliphatic carbocycles. The molecular formula is C28H30F3N3O7S. The van der Waals surface area contributed by atoms with Crippen molar-refractivity contribution in [3.05, 3.63) is 77.4 Å². The fraction of sp³-hybridized carbons (Fsp3) is 0.286. The fourth-order valence-electron chi connectivity index (χ4n) is 4.10. The number of carboxylic acids is 2. The third kappa shape index (κ3) is 8.06. The van der Waals surface area contributed by atoms with Gasteiger partial charge in [0.25, 0.3) is 10.0 Å². The lowest BCUT2D eigenvalue weighted by Crippen LogP contribution is -2.46. The van der Waals surface area contributed by atoms with Gasteiger partial charge in [0.2, 0.25) is 0 Å². The van der Waals surface area contributed by atoms with Crippen molar-refractivity contribution in [1.82, 2.24) is 0 Å². The van der Waals surface area contributed by atoms with Crippen LogP contribution in [0.3, 0.4) is 0 Å². The van der Waals surface area contributed by atoms with Crippen LogP contribution in [0.15, 0.2) is 65.6 Å². The molecule has 0 saturated carbocycles. The van der Waals surface area contributed by atoms with Crippen LogP contribution in [0, 0.1) is 13.8 Å². The quantitative estimate of drug-likeness (QED) is 0.346. The summed E-state index contributed by atoms with van der Waals surface area (Å²) < 4.78 is 65.2. The van der Waals surface area contributed by atoms with E-state index in [1.165, 1.54) is 18.2 Å². The van der Waals surface area contributed by atoms with Crippen LogP contribution in [-0.4, -0.2) is 70.0 Å². The number of carboxylic acid groups (broad SMARTS) is 2. The minimum Gasteiger partial charge on any atom is -0.497 e. The van der Waals surface area contributed by atoms with Gasteiger partial charge >= 0.3 is 18.1 Å². The number of methoxy groups -OCH3 is 1. The molecular weight excluding hydrogens is 579 g/mol. The van der Waals surface area contributed by atoms with E-state index in [0.29, 0.717) is 13.1 Å². The van der Waals surface area contributed by atoms with Crippen molar-refractivity contribution in [2.75, 3.05) is 47.8 Å². The number of anilines is 3. The molecule has 3 aromatic carbocycles. The lowest BCUT2D eigenvalue weighted by molar-refractivity contribution is -0.192. The van der Waals surface area contributed by atoms with E-state index in [1.54, 1.807) is 25.3 Å². The van der Waals surface area contributed by atoms with Crippen LogP contribution in [0.2, 0.25) is 0 Å². The number of ether oxygens (including phenoxy) is 1. The number of rotatable bonds is 7. The Bertz CT molecular complexity index is 1540. The van der Waals surface area contributed by atoms with Gasteiger partial charge in [-0.15, -0.1) is 0 Å². The summed E-state index contributed by atoms with van der Waals surface area (Å²) in [5.74, 6) is -3.14. The Morgan fingerprint density at radius 2 is 1.36 bits per heavy atom. The predicted molar refractivity (Wildman–Crippen MR) is 151 cm³/mol.